The summed E-state index contributed by atoms with van der Waals surface area (Å²) < 4.78 is 28.0. The molecule has 0 bridgehead atoms. The zero-order chi connectivity index (χ0) is 17.0. The van der Waals surface area contributed by atoms with Crippen molar-refractivity contribution in [2.24, 2.45) is 0 Å². The number of hydrogen-bond acceptors (Lipinski definition) is 6. The molecule has 1 aromatic rings. The summed E-state index contributed by atoms with van der Waals surface area (Å²) in [5, 5.41) is 9.32. The Morgan fingerprint density at radius 2 is 2.13 bits per heavy atom. The van der Waals surface area contributed by atoms with Gasteiger partial charge in [-0.05, 0) is 31.5 Å². The van der Waals surface area contributed by atoms with E-state index in [4.69, 9.17) is 4.74 Å². The lowest BCUT2D eigenvalue weighted by Gasteiger charge is -2.26. The van der Waals surface area contributed by atoms with Crippen molar-refractivity contribution in [2.75, 3.05) is 24.7 Å². The number of nitrogens with zero attached hydrogens (tertiary/aromatic N) is 1. The molecule has 0 unspecified atom stereocenters. The van der Waals surface area contributed by atoms with Crippen molar-refractivity contribution in [2.45, 2.75) is 19.4 Å². The number of esters is 1. The van der Waals surface area contributed by atoms with Gasteiger partial charge in [-0.1, -0.05) is 6.07 Å². The number of rotatable bonds is 5. The molecular weight excluding hydrogens is 322 g/mol. The third-order valence-corrected chi connectivity index (χ3v) is 5.47. The first-order valence-electron chi connectivity index (χ1n) is 7.28. The summed E-state index contributed by atoms with van der Waals surface area (Å²) >= 11 is 0. The van der Waals surface area contributed by atoms with Crippen molar-refractivity contribution in [1.29, 1.82) is 0 Å². The fourth-order valence-electron chi connectivity index (χ4n) is 2.59. The van der Waals surface area contributed by atoms with E-state index in [-0.39, 0.29) is 28.9 Å². The van der Waals surface area contributed by atoms with E-state index in [1.165, 1.54) is 29.2 Å². The van der Waals surface area contributed by atoms with Crippen LogP contribution in [-0.4, -0.2) is 61.0 Å². The summed E-state index contributed by atoms with van der Waals surface area (Å²) in [6, 6.07) is 5.26. The predicted molar refractivity (Wildman–Crippen MR) is 82.8 cm³/mol. The maximum atomic E-state index is 12.2. The van der Waals surface area contributed by atoms with Crippen LogP contribution in [0.1, 0.15) is 23.7 Å². The fraction of sp³-hybridized carbons (Fsp3) is 0.467. The van der Waals surface area contributed by atoms with Crippen molar-refractivity contribution in [3.8, 4) is 5.75 Å². The summed E-state index contributed by atoms with van der Waals surface area (Å²) in [7, 11) is -3.09. The van der Waals surface area contributed by atoms with E-state index in [2.05, 4.69) is 0 Å². The molecule has 0 aliphatic carbocycles. The second kappa shape index (κ2) is 6.99. The van der Waals surface area contributed by atoms with Crippen molar-refractivity contribution in [1.82, 2.24) is 4.90 Å². The molecule has 1 fully saturated rings. The van der Waals surface area contributed by atoms with Gasteiger partial charge in [-0.2, -0.15) is 0 Å². The Bertz CT molecular complexity index is 700. The lowest BCUT2D eigenvalue weighted by atomic mass is 10.2. The Morgan fingerprint density at radius 1 is 1.39 bits per heavy atom. The molecule has 1 aliphatic rings. The highest BCUT2D eigenvalue weighted by Gasteiger charge is 2.34. The largest absolute Gasteiger partial charge is 0.508 e. The van der Waals surface area contributed by atoms with Gasteiger partial charge in [-0.15, -0.1) is 0 Å². The van der Waals surface area contributed by atoms with E-state index in [9.17, 15) is 23.1 Å². The number of hydrogen-bond donors (Lipinski definition) is 1. The van der Waals surface area contributed by atoms with Gasteiger partial charge in [-0.3, -0.25) is 4.79 Å². The summed E-state index contributed by atoms with van der Waals surface area (Å²) in [6.07, 6.45) is 0.405. The van der Waals surface area contributed by atoms with Crippen molar-refractivity contribution < 1.29 is 27.9 Å². The molecule has 0 radical (unpaired) electrons. The Balaban J connectivity index is 1.94. The number of benzene rings is 1. The summed E-state index contributed by atoms with van der Waals surface area (Å²) in [5.74, 6) is -1.19. The molecule has 0 spiro atoms. The lowest BCUT2D eigenvalue weighted by molar-refractivity contribution is -0.136. The molecule has 1 heterocycles. The number of aromatic hydroxyl groups is 1. The molecule has 23 heavy (non-hydrogen) atoms. The number of carbonyl (C=O) groups is 2. The molecular formula is C15H19NO6S. The predicted octanol–water partition coefficient (Wildman–Crippen LogP) is 0.585. The van der Waals surface area contributed by atoms with Gasteiger partial charge in [-0.25, -0.2) is 13.2 Å². The molecule has 7 nitrogen and oxygen atoms in total. The van der Waals surface area contributed by atoms with E-state index in [0.29, 0.717) is 13.0 Å². The third-order valence-electron chi connectivity index (χ3n) is 3.72. The van der Waals surface area contributed by atoms with Gasteiger partial charge in [0.1, 0.15) is 5.75 Å². The highest BCUT2D eigenvalue weighted by Crippen LogP contribution is 2.18. The lowest BCUT2D eigenvalue weighted by Crippen LogP contribution is -2.43. The standard InChI is InChI=1S/C15H19NO6S/c1-2-16(12-6-7-23(20,21)10-12)14(18)9-22-15(19)11-4-3-5-13(17)8-11/h3-5,8,12,17H,2,6-7,9-10H2,1H3/t12-/m0/s1. The Labute approximate surface area is 134 Å². The van der Waals surface area contributed by atoms with Crippen molar-refractivity contribution >= 4 is 21.7 Å². The van der Waals surface area contributed by atoms with Crippen molar-refractivity contribution in [3.63, 3.8) is 0 Å². The number of phenolic OH excluding ortho intramolecular Hbond substituents is 1. The van der Waals surface area contributed by atoms with Gasteiger partial charge in [0.25, 0.3) is 5.91 Å². The van der Waals surface area contributed by atoms with Crippen LogP contribution in [0.4, 0.5) is 0 Å². The average Bonchev–Trinajstić information content (AvgIpc) is 2.85. The topological polar surface area (TPSA) is 101 Å². The Hall–Kier alpha value is -2.09. The maximum Gasteiger partial charge on any atom is 0.338 e. The fourth-order valence-corrected chi connectivity index (χ4v) is 4.32. The number of sulfone groups is 1. The zero-order valence-corrected chi connectivity index (χ0v) is 13.6. The van der Waals surface area contributed by atoms with Crippen LogP contribution >= 0.6 is 0 Å². The molecule has 126 valence electrons. The molecule has 1 amide bonds. The number of carbonyl (C=O) groups excluding carboxylic acids is 2. The van der Waals surface area contributed by atoms with Crippen LogP contribution in [0.25, 0.3) is 0 Å². The van der Waals surface area contributed by atoms with Crippen LogP contribution in [0, 0.1) is 0 Å². The minimum Gasteiger partial charge on any atom is -0.508 e. The summed E-state index contributed by atoms with van der Waals surface area (Å²) in [6.45, 7) is 1.64. The van der Waals surface area contributed by atoms with E-state index in [1.807, 2.05) is 0 Å². The molecule has 1 aliphatic heterocycles. The van der Waals surface area contributed by atoms with Crippen LogP contribution in [-0.2, 0) is 19.4 Å². The molecule has 1 N–H and O–H groups in total. The Morgan fingerprint density at radius 3 is 2.70 bits per heavy atom. The van der Waals surface area contributed by atoms with Gasteiger partial charge in [0.2, 0.25) is 0 Å². The minimum absolute atomic E-state index is 0.0485. The zero-order valence-electron chi connectivity index (χ0n) is 12.8. The summed E-state index contributed by atoms with van der Waals surface area (Å²) in [4.78, 5) is 25.4. The quantitative estimate of drug-likeness (QED) is 0.787. The van der Waals surface area contributed by atoms with Crippen LogP contribution in [0.5, 0.6) is 5.75 Å². The average molecular weight is 341 g/mol. The first kappa shape index (κ1) is 17.3. The van der Waals surface area contributed by atoms with Crippen molar-refractivity contribution in [3.05, 3.63) is 29.8 Å². The first-order chi connectivity index (χ1) is 10.8. The normalized spacial score (nSPS) is 19.3. The Kier molecular flexibility index (Phi) is 5.25. The van der Waals surface area contributed by atoms with E-state index in [0.717, 1.165) is 0 Å². The number of ether oxygens (including phenoxy) is 1. The van der Waals surface area contributed by atoms with E-state index < -0.39 is 28.3 Å². The van der Waals surface area contributed by atoms with Gasteiger partial charge in [0.15, 0.2) is 16.4 Å². The van der Waals surface area contributed by atoms with Crippen LogP contribution in [0.15, 0.2) is 24.3 Å². The molecule has 0 aromatic heterocycles. The van der Waals surface area contributed by atoms with Gasteiger partial charge >= 0.3 is 5.97 Å². The number of likely N-dealkylation sites (N-methyl/N-ethyl adjacent to an activating group) is 1. The van der Waals surface area contributed by atoms with Gasteiger partial charge in [0, 0.05) is 12.6 Å². The number of amides is 1. The number of phenols is 1. The van der Waals surface area contributed by atoms with E-state index >= 15 is 0 Å². The van der Waals surface area contributed by atoms with Crippen LogP contribution in [0.3, 0.4) is 0 Å². The second-order valence-electron chi connectivity index (χ2n) is 5.36. The second-order valence-corrected chi connectivity index (χ2v) is 7.59. The van der Waals surface area contributed by atoms with Crippen LogP contribution in [0.2, 0.25) is 0 Å². The molecule has 1 saturated heterocycles. The van der Waals surface area contributed by atoms with Crippen LogP contribution < -0.4 is 0 Å². The molecule has 8 heteroatoms. The molecule has 0 saturated carbocycles. The smallest absolute Gasteiger partial charge is 0.338 e. The SMILES string of the molecule is CCN(C(=O)COC(=O)c1cccc(O)c1)[C@H]1CCS(=O)(=O)C1. The monoisotopic (exact) mass is 341 g/mol. The minimum atomic E-state index is -3.09. The molecule has 2 rings (SSSR count). The maximum absolute atomic E-state index is 12.2. The highest BCUT2D eigenvalue weighted by atomic mass is 32.2. The third kappa shape index (κ3) is 4.44. The summed E-state index contributed by atoms with van der Waals surface area (Å²) in [5.41, 5.74) is 0.143. The molecule has 1 atom stereocenters. The van der Waals surface area contributed by atoms with Gasteiger partial charge in [0.05, 0.1) is 17.1 Å². The van der Waals surface area contributed by atoms with Gasteiger partial charge < -0.3 is 14.7 Å². The highest BCUT2D eigenvalue weighted by molar-refractivity contribution is 7.91. The first-order valence-corrected chi connectivity index (χ1v) is 9.10. The molecule has 1 aromatic carbocycles. The van der Waals surface area contributed by atoms with E-state index in [1.54, 1.807) is 6.92 Å².